The van der Waals surface area contributed by atoms with Gasteiger partial charge in [-0.2, -0.15) is 4.31 Å². The summed E-state index contributed by atoms with van der Waals surface area (Å²) in [7, 11) is -4.09. The normalized spacial score (nSPS) is 11.6. The molecule has 0 spiro atoms. The van der Waals surface area contributed by atoms with Crippen LogP contribution in [0.15, 0.2) is 53.4 Å². The van der Waals surface area contributed by atoms with Gasteiger partial charge in [0.25, 0.3) is 5.69 Å². The van der Waals surface area contributed by atoms with Gasteiger partial charge in [0, 0.05) is 24.2 Å². The minimum absolute atomic E-state index is 0.0993. The maximum atomic E-state index is 13.0. The summed E-state index contributed by atoms with van der Waals surface area (Å²) in [5.74, 6) is 0. The van der Waals surface area contributed by atoms with Crippen LogP contribution in [0.3, 0.4) is 0 Å². The number of nitro benzene ring substituents is 1. The highest BCUT2D eigenvalue weighted by molar-refractivity contribution is 7.89. The maximum absolute atomic E-state index is 13.0. The van der Waals surface area contributed by atoms with Crippen molar-refractivity contribution < 1.29 is 13.3 Å². The molecular formula is C16H18ClN3O4S. The molecule has 2 N–H and O–H groups in total. The Labute approximate surface area is 151 Å². The lowest BCUT2D eigenvalue weighted by atomic mass is 10.2. The number of halogens is 1. The fraction of sp³-hybridized carbons (Fsp3) is 0.250. The van der Waals surface area contributed by atoms with E-state index < -0.39 is 20.6 Å². The summed E-state index contributed by atoms with van der Waals surface area (Å²) < 4.78 is 27.2. The Morgan fingerprint density at radius 2 is 1.84 bits per heavy atom. The number of benzene rings is 2. The lowest BCUT2D eigenvalue weighted by Gasteiger charge is -2.22. The van der Waals surface area contributed by atoms with Gasteiger partial charge in [0.1, 0.15) is 0 Å². The number of rotatable bonds is 8. The van der Waals surface area contributed by atoms with Crippen molar-refractivity contribution in [3.63, 3.8) is 0 Å². The van der Waals surface area contributed by atoms with Gasteiger partial charge in [-0.05, 0) is 30.7 Å². The Morgan fingerprint density at radius 1 is 1.16 bits per heavy atom. The summed E-state index contributed by atoms with van der Waals surface area (Å²) in [5.41, 5.74) is 5.74. The molecule has 0 unspecified atom stereocenters. The third kappa shape index (κ3) is 4.76. The number of nitrogens with zero attached hydrogens (tertiary/aromatic N) is 2. The predicted molar refractivity (Wildman–Crippen MR) is 95.8 cm³/mol. The van der Waals surface area contributed by atoms with Crippen molar-refractivity contribution in [2.75, 3.05) is 13.1 Å². The van der Waals surface area contributed by atoms with E-state index >= 15 is 0 Å². The van der Waals surface area contributed by atoms with Crippen molar-refractivity contribution >= 4 is 27.3 Å². The second kappa shape index (κ2) is 8.39. The molecule has 0 atom stereocenters. The van der Waals surface area contributed by atoms with Crippen LogP contribution >= 0.6 is 11.6 Å². The summed E-state index contributed by atoms with van der Waals surface area (Å²) in [5, 5.41) is 11.4. The fourth-order valence-corrected chi connectivity index (χ4v) is 4.10. The topological polar surface area (TPSA) is 107 Å². The van der Waals surface area contributed by atoms with Gasteiger partial charge in [-0.1, -0.05) is 41.9 Å². The van der Waals surface area contributed by atoms with Crippen LogP contribution in [0.1, 0.15) is 12.0 Å². The number of hydrogen-bond donors (Lipinski definition) is 1. The van der Waals surface area contributed by atoms with Gasteiger partial charge in [0.2, 0.25) is 10.0 Å². The van der Waals surface area contributed by atoms with Gasteiger partial charge in [-0.25, -0.2) is 8.42 Å². The molecule has 0 radical (unpaired) electrons. The van der Waals surface area contributed by atoms with Gasteiger partial charge in [0.05, 0.1) is 4.92 Å². The summed E-state index contributed by atoms with van der Waals surface area (Å²) in [6, 6.07) is 12.5. The largest absolute Gasteiger partial charge is 0.330 e. The van der Waals surface area contributed by atoms with Crippen molar-refractivity contribution in [1.29, 1.82) is 0 Å². The highest BCUT2D eigenvalue weighted by atomic mass is 35.5. The zero-order chi connectivity index (χ0) is 18.4. The standard InChI is InChI=1S/C16H18ClN3O4S/c17-14-7-8-16(15(11-14)20(21)22)25(23,24)19(10-4-9-18)12-13-5-2-1-3-6-13/h1-3,5-8,11H,4,9-10,12,18H2. The second-order valence-corrected chi connectivity index (χ2v) is 7.68. The third-order valence-electron chi connectivity index (χ3n) is 3.55. The molecule has 0 aliphatic heterocycles. The van der Waals surface area contributed by atoms with E-state index in [1.54, 1.807) is 24.3 Å². The summed E-state index contributed by atoms with van der Waals surface area (Å²) in [6.07, 6.45) is 0.438. The summed E-state index contributed by atoms with van der Waals surface area (Å²) >= 11 is 5.77. The minimum Gasteiger partial charge on any atom is -0.330 e. The Kier molecular flexibility index (Phi) is 6.49. The predicted octanol–water partition coefficient (Wildman–Crippen LogP) is 2.79. The van der Waals surface area contributed by atoms with Gasteiger partial charge in [0.15, 0.2) is 4.90 Å². The van der Waals surface area contributed by atoms with E-state index in [0.717, 1.165) is 17.7 Å². The van der Waals surface area contributed by atoms with Crippen LogP contribution in [-0.2, 0) is 16.6 Å². The molecule has 0 aromatic heterocycles. The van der Waals surface area contributed by atoms with E-state index in [1.807, 2.05) is 6.07 Å². The van der Waals surface area contributed by atoms with Gasteiger partial charge >= 0.3 is 0 Å². The number of nitro groups is 1. The molecule has 0 aliphatic carbocycles. The first kappa shape index (κ1) is 19.3. The average Bonchev–Trinajstić information content (AvgIpc) is 2.59. The Hall–Kier alpha value is -2.00. The van der Waals surface area contributed by atoms with Gasteiger partial charge in [-0.15, -0.1) is 0 Å². The van der Waals surface area contributed by atoms with Crippen LogP contribution in [0, 0.1) is 10.1 Å². The molecule has 0 heterocycles. The number of hydrogen-bond acceptors (Lipinski definition) is 5. The summed E-state index contributed by atoms with van der Waals surface area (Å²) in [6.45, 7) is 0.569. The minimum atomic E-state index is -4.09. The average molecular weight is 384 g/mol. The monoisotopic (exact) mass is 383 g/mol. The molecule has 2 rings (SSSR count). The van der Waals surface area contributed by atoms with E-state index in [0.29, 0.717) is 13.0 Å². The number of sulfonamides is 1. The first-order valence-corrected chi connectivity index (χ1v) is 9.36. The molecule has 2 aromatic rings. The van der Waals surface area contributed by atoms with E-state index in [9.17, 15) is 18.5 Å². The molecule has 7 nitrogen and oxygen atoms in total. The van der Waals surface area contributed by atoms with Crippen molar-refractivity contribution in [2.24, 2.45) is 5.73 Å². The van der Waals surface area contributed by atoms with Crippen molar-refractivity contribution in [3.8, 4) is 0 Å². The molecule has 0 fully saturated rings. The van der Waals surface area contributed by atoms with Crippen molar-refractivity contribution in [3.05, 3.63) is 69.2 Å². The van der Waals surface area contributed by atoms with Gasteiger partial charge < -0.3 is 5.73 Å². The smallest absolute Gasteiger partial charge is 0.290 e. The molecule has 0 amide bonds. The summed E-state index contributed by atoms with van der Waals surface area (Å²) in [4.78, 5) is 10.1. The first-order chi connectivity index (χ1) is 11.9. The number of nitrogens with two attached hydrogens (primary N) is 1. The molecular weight excluding hydrogens is 366 g/mol. The van der Waals surface area contributed by atoms with Crippen LogP contribution in [0.25, 0.3) is 0 Å². The molecule has 0 bridgehead atoms. The van der Waals surface area contributed by atoms with Crippen LogP contribution in [-0.4, -0.2) is 30.7 Å². The SMILES string of the molecule is NCCCN(Cc1ccccc1)S(=O)(=O)c1ccc(Cl)cc1[N+](=O)[O-]. The van der Waals surface area contributed by atoms with Crippen LogP contribution in [0.4, 0.5) is 5.69 Å². The fourth-order valence-electron chi connectivity index (χ4n) is 2.33. The zero-order valence-electron chi connectivity index (χ0n) is 13.3. The van der Waals surface area contributed by atoms with Crippen LogP contribution in [0.5, 0.6) is 0 Å². The lowest BCUT2D eigenvalue weighted by Crippen LogP contribution is -2.33. The van der Waals surface area contributed by atoms with E-state index in [1.165, 1.54) is 10.4 Å². The van der Waals surface area contributed by atoms with E-state index in [-0.39, 0.29) is 23.0 Å². The van der Waals surface area contributed by atoms with Crippen LogP contribution < -0.4 is 5.73 Å². The highest BCUT2D eigenvalue weighted by Crippen LogP contribution is 2.30. The second-order valence-electron chi connectivity index (χ2n) is 5.34. The van der Waals surface area contributed by atoms with E-state index in [4.69, 9.17) is 17.3 Å². The zero-order valence-corrected chi connectivity index (χ0v) is 14.9. The van der Waals surface area contributed by atoms with E-state index in [2.05, 4.69) is 0 Å². The maximum Gasteiger partial charge on any atom is 0.290 e. The van der Waals surface area contributed by atoms with Crippen molar-refractivity contribution in [1.82, 2.24) is 4.31 Å². The molecule has 0 aliphatic rings. The Bertz CT molecular complexity index is 844. The third-order valence-corrected chi connectivity index (χ3v) is 5.68. The van der Waals surface area contributed by atoms with Crippen molar-refractivity contribution in [2.45, 2.75) is 17.9 Å². The Morgan fingerprint density at radius 3 is 2.44 bits per heavy atom. The van der Waals surface area contributed by atoms with Gasteiger partial charge in [-0.3, -0.25) is 10.1 Å². The quantitative estimate of drug-likeness (QED) is 0.557. The molecule has 134 valence electrons. The Balaban J connectivity index is 2.46. The molecule has 0 saturated carbocycles. The lowest BCUT2D eigenvalue weighted by molar-refractivity contribution is -0.387. The highest BCUT2D eigenvalue weighted by Gasteiger charge is 2.31. The molecule has 25 heavy (non-hydrogen) atoms. The molecule has 0 saturated heterocycles. The molecule has 2 aromatic carbocycles. The molecule has 9 heteroatoms. The first-order valence-electron chi connectivity index (χ1n) is 7.54. The van der Waals surface area contributed by atoms with Crippen LogP contribution in [0.2, 0.25) is 5.02 Å².